The van der Waals surface area contributed by atoms with Crippen LogP contribution < -0.4 is 0 Å². The van der Waals surface area contributed by atoms with Crippen LogP contribution in [0.4, 0.5) is 0 Å². The molecule has 0 saturated heterocycles. The van der Waals surface area contributed by atoms with Crippen LogP contribution in [-0.2, 0) is 6.42 Å². The molecule has 0 bridgehead atoms. The van der Waals surface area contributed by atoms with Crippen LogP contribution in [0.3, 0.4) is 0 Å². The Kier molecular flexibility index (Phi) is 3.03. The molecule has 12 heavy (non-hydrogen) atoms. The summed E-state index contributed by atoms with van der Waals surface area (Å²) in [7, 11) is 0. The molecule has 0 aliphatic rings. The molecule has 0 saturated carbocycles. The molecule has 1 nitrogen and oxygen atoms in total. The van der Waals surface area contributed by atoms with Gasteiger partial charge in [-0.15, -0.1) is 0 Å². The maximum absolute atomic E-state index is 4.46. The SMILES string of the molecule is C/C=C\c1ccc(C)nc1CC. The number of rotatable bonds is 2. The van der Waals surface area contributed by atoms with Crippen molar-refractivity contribution in [2.45, 2.75) is 27.2 Å². The standard InChI is InChI=1S/C11H15N/c1-4-6-10-8-7-9(3)12-11(10)5-2/h4,6-8H,5H2,1-3H3/b6-4-. The average molecular weight is 161 g/mol. The van der Waals surface area contributed by atoms with Crippen LogP contribution in [0.25, 0.3) is 6.08 Å². The van der Waals surface area contributed by atoms with Crippen molar-refractivity contribution in [1.29, 1.82) is 0 Å². The third-order valence-electron chi connectivity index (χ3n) is 1.83. The van der Waals surface area contributed by atoms with Crippen molar-refractivity contribution < 1.29 is 0 Å². The van der Waals surface area contributed by atoms with Crippen LogP contribution in [0.1, 0.15) is 30.8 Å². The van der Waals surface area contributed by atoms with Gasteiger partial charge in [-0.1, -0.05) is 25.1 Å². The Morgan fingerprint density at radius 3 is 2.75 bits per heavy atom. The van der Waals surface area contributed by atoms with E-state index in [1.807, 2.05) is 19.9 Å². The van der Waals surface area contributed by atoms with E-state index in [0.717, 1.165) is 12.1 Å². The number of hydrogen-bond donors (Lipinski definition) is 0. The lowest BCUT2D eigenvalue weighted by Crippen LogP contribution is -1.93. The summed E-state index contributed by atoms with van der Waals surface area (Å²) in [6, 6.07) is 4.18. The summed E-state index contributed by atoms with van der Waals surface area (Å²) in [5.41, 5.74) is 3.53. The average Bonchev–Trinajstić information content (AvgIpc) is 2.08. The van der Waals surface area contributed by atoms with Gasteiger partial charge >= 0.3 is 0 Å². The second-order valence-electron chi connectivity index (χ2n) is 2.84. The number of hydrogen-bond acceptors (Lipinski definition) is 1. The van der Waals surface area contributed by atoms with Crippen LogP contribution in [0.5, 0.6) is 0 Å². The highest BCUT2D eigenvalue weighted by Gasteiger charge is 1.97. The van der Waals surface area contributed by atoms with E-state index in [0.29, 0.717) is 0 Å². The molecule has 0 unspecified atom stereocenters. The molecule has 0 aliphatic carbocycles. The van der Waals surface area contributed by atoms with Crippen LogP contribution >= 0.6 is 0 Å². The van der Waals surface area contributed by atoms with Crippen molar-refractivity contribution in [3.8, 4) is 0 Å². The third kappa shape index (κ3) is 1.94. The van der Waals surface area contributed by atoms with Crippen LogP contribution in [0, 0.1) is 6.92 Å². The minimum Gasteiger partial charge on any atom is -0.258 e. The van der Waals surface area contributed by atoms with E-state index in [1.165, 1.54) is 11.3 Å². The van der Waals surface area contributed by atoms with Crippen molar-refractivity contribution in [2.24, 2.45) is 0 Å². The van der Waals surface area contributed by atoms with Crippen molar-refractivity contribution in [3.63, 3.8) is 0 Å². The largest absolute Gasteiger partial charge is 0.258 e. The van der Waals surface area contributed by atoms with Gasteiger partial charge in [0.15, 0.2) is 0 Å². The maximum Gasteiger partial charge on any atom is 0.0476 e. The number of aryl methyl sites for hydroxylation is 2. The van der Waals surface area contributed by atoms with Gasteiger partial charge in [0, 0.05) is 11.4 Å². The van der Waals surface area contributed by atoms with E-state index in [-0.39, 0.29) is 0 Å². The van der Waals surface area contributed by atoms with Gasteiger partial charge in [-0.25, -0.2) is 0 Å². The van der Waals surface area contributed by atoms with Gasteiger partial charge in [-0.3, -0.25) is 4.98 Å². The fraction of sp³-hybridized carbons (Fsp3) is 0.364. The molecule has 0 aliphatic heterocycles. The Bertz CT molecular complexity index is 287. The Labute approximate surface area is 74.2 Å². The molecule has 0 fully saturated rings. The van der Waals surface area contributed by atoms with Gasteiger partial charge in [-0.05, 0) is 31.9 Å². The molecular weight excluding hydrogens is 146 g/mol. The lowest BCUT2D eigenvalue weighted by Gasteiger charge is -2.02. The molecule has 0 N–H and O–H groups in total. The predicted molar refractivity (Wildman–Crippen MR) is 53.1 cm³/mol. The quantitative estimate of drug-likeness (QED) is 0.649. The van der Waals surface area contributed by atoms with E-state index >= 15 is 0 Å². The Morgan fingerprint density at radius 1 is 1.42 bits per heavy atom. The van der Waals surface area contributed by atoms with Crippen molar-refractivity contribution >= 4 is 6.08 Å². The summed E-state index contributed by atoms with van der Waals surface area (Å²) in [6.45, 7) is 6.19. The van der Waals surface area contributed by atoms with Gasteiger partial charge in [0.2, 0.25) is 0 Å². The number of aromatic nitrogens is 1. The van der Waals surface area contributed by atoms with Crippen molar-refractivity contribution in [3.05, 3.63) is 35.2 Å². The predicted octanol–water partition coefficient (Wildman–Crippen LogP) is 2.99. The normalized spacial score (nSPS) is 10.9. The van der Waals surface area contributed by atoms with Gasteiger partial charge in [0.25, 0.3) is 0 Å². The second kappa shape index (κ2) is 4.05. The molecule has 1 aromatic heterocycles. The zero-order chi connectivity index (χ0) is 8.97. The highest BCUT2D eigenvalue weighted by Crippen LogP contribution is 2.09. The zero-order valence-corrected chi connectivity index (χ0v) is 7.96. The molecule has 0 aromatic carbocycles. The molecule has 1 heterocycles. The molecule has 1 heteroatoms. The van der Waals surface area contributed by atoms with Crippen molar-refractivity contribution in [1.82, 2.24) is 4.98 Å². The fourth-order valence-corrected chi connectivity index (χ4v) is 1.24. The smallest absolute Gasteiger partial charge is 0.0476 e. The first-order valence-electron chi connectivity index (χ1n) is 4.37. The Morgan fingerprint density at radius 2 is 2.17 bits per heavy atom. The molecule has 0 amide bonds. The summed E-state index contributed by atoms with van der Waals surface area (Å²) < 4.78 is 0. The number of nitrogens with zero attached hydrogens (tertiary/aromatic N) is 1. The number of pyridine rings is 1. The Hall–Kier alpha value is -1.11. The second-order valence-corrected chi connectivity index (χ2v) is 2.84. The monoisotopic (exact) mass is 161 g/mol. The lowest BCUT2D eigenvalue weighted by atomic mass is 10.1. The van der Waals surface area contributed by atoms with Crippen LogP contribution in [0.2, 0.25) is 0 Å². The molecule has 0 radical (unpaired) electrons. The van der Waals surface area contributed by atoms with E-state index in [2.05, 4.69) is 30.1 Å². The van der Waals surface area contributed by atoms with Crippen molar-refractivity contribution in [2.75, 3.05) is 0 Å². The molecular formula is C11H15N. The topological polar surface area (TPSA) is 12.9 Å². The molecule has 64 valence electrons. The summed E-state index contributed by atoms with van der Waals surface area (Å²) in [4.78, 5) is 4.46. The van der Waals surface area contributed by atoms with E-state index in [4.69, 9.17) is 0 Å². The van der Waals surface area contributed by atoms with Gasteiger partial charge in [0.1, 0.15) is 0 Å². The van der Waals surface area contributed by atoms with E-state index in [9.17, 15) is 0 Å². The Balaban J connectivity index is 3.10. The lowest BCUT2D eigenvalue weighted by molar-refractivity contribution is 1.000. The molecule has 0 atom stereocenters. The summed E-state index contributed by atoms with van der Waals surface area (Å²) >= 11 is 0. The third-order valence-corrected chi connectivity index (χ3v) is 1.83. The minimum absolute atomic E-state index is 1.00. The van der Waals surface area contributed by atoms with Crippen LogP contribution in [-0.4, -0.2) is 4.98 Å². The first-order chi connectivity index (χ1) is 5.77. The van der Waals surface area contributed by atoms with Gasteiger partial charge < -0.3 is 0 Å². The summed E-state index contributed by atoms with van der Waals surface area (Å²) in [5, 5.41) is 0. The first kappa shape index (κ1) is 8.98. The summed E-state index contributed by atoms with van der Waals surface area (Å²) in [6.07, 6.45) is 5.15. The highest BCUT2D eigenvalue weighted by molar-refractivity contribution is 5.51. The van der Waals surface area contributed by atoms with Crippen LogP contribution in [0.15, 0.2) is 18.2 Å². The van der Waals surface area contributed by atoms with E-state index < -0.39 is 0 Å². The highest BCUT2D eigenvalue weighted by atomic mass is 14.7. The summed E-state index contributed by atoms with van der Waals surface area (Å²) in [5.74, 6) is 0. The number of allylic oxidation sites excluding steroid dienone is 1. The molecule has 0 spiro atoms. The van der Waals surface area contributed by atoms with Gasteiger partial charge in [-0.2, -0.15) is 0 Å². The first-order valence-corrected chi connectivity index (χ1v) is 4.37. The minimum atomic E-state index is 1.00. The fourth-order valence-electron chi connectivity index (χ4n) is 1.24. The maximum atomic E-state index is 4.46. The molecule has 1 rings (SSSR count). The van der Waals surface area contributed by atoms with Gasteiger partial charge in [0.05, 0.1) is 0 Å². The zero-order valence-electron chi connectivity index (χ0n) is 7.96. The molecule has 1 aromatic rings. The van der Waals surface area contributed by atoms with E-state index in [1.54, 1.807) is 0 Å².